The van der Waals surface area contributed by atoms with Crippen molar-refractivity contribution in [1.82, 2.24) is 0 Å². The fourth-order valence-electron chi connectivity index (χ4n) is 11.5. The Hall–Kier alpha value is -1.94. The molecule has 0 aliphatic rings. The standard InChI is InChI=1S/C75H146O17P2/c1-6-9-12-15-18-21-24-27-29-30-31-33-35-38-41-44-51-56-61-75(80)91-70(64-85-72(77)58-53-48-42-39-37-34-32-28-25-22-19-16-13-10-7-2)66-89-93(81,82)87-62-69(76)63-88-94(83,84)90-67-71(65-86-73(78)59-54-49-46-45-47-52-57-68(4)5)92-74(79)60-55-50-43-40-36-26-23-20-17-14-11-8-3/h68-71,76H,6-67H2,1-5H3,(H,81,82)(H,83,84)/t69-,70-,71-/m1/s1. The first-order chi connectivity index (χ1) is 45.5. The van der Waals surface area contributed by atoms with E-state index in [-0.39, 0.29) is 25.7 Å². The highest BCUT2D eigenvalue weighted by molar-refractivity contribution is 7.47. The van der Waals surface area contributed by atoms with Crippen molar-refractivity contribution in [3.63, 3.8) is 0 Å². The van der Waals surface area contributed by atoms with Gasteiger partial charge >= 0.3 is 39.5 Å². The average Bonchev–Trinajstić information content (AvgIpc) is 1.45. The number of carbonyl (C=O) groups is 4. The zero-order valence-electron chi connectivity index (χ0n) is 61.1. The van der Waals surface area contributed by atoms with Gasteiger partial charge in [-0.3, -0.25) is 37.3 Å². The average molecular weight is 1380 g/mol. The molecule has 0 aliphatic heterocycles. The third-order valence-electron chi connectivity index (χ3n) is 17.5. The molecule has 0 rings (SSSR count). The molecule has 0 aromatic rings. The summed E-state index contributed by atoms with van der Waals surface area (Å²) in [6.07, 6.45) is 57.0. The molecule has 19 heteroatoms. The van der Waals surface area contributed by atoms with Crippen LogP contribution in [0, 0.1) is 5.92 Å². The van der Waals surface area contributed by atoms with Gasteiger partial charge in [-0.15, -0.1) is 0 Å². The van der Waals surface area contributed by atoms with Crippen molar-refractivity contribution < 1.29 is 80.2 Å². The quantitative estimate of drug-likeness (QED) is 0.0222. The summed E-state index contributed by atoms with van der Waals surface area (Å²) < 4.78 is 68.5. The van der Waals surface area contributed by atoms with Crippen molar-refractivity contribution in [2.75, 3.05) is 39.6 Å². The van der Waals surface area contributed by atoms with Crippen molar-refractivity contribution in [3.05, 3.63) is 0 Å². The number of ether oxygens (including phenoxy) is 4. The van der Waals surface area contributed by atoms with Gasteiger partial charge in [-0.2, -0.15) is 0 Å². The summed E-state index contributed by atoms with van der Waals surface area (Å²) in [7, 11) is -9.91. The summed E-state index contributed by atoms with van der Waals surface area (Å²) in [4.78, 5) is 72.7. The highest BCUT2D eigenvalue weighted by Gasteiger charge is 2.30. The lowest BCUT2D eigenvalue weighted by molar-refractivity contribution is -0.161. The minimum Gasteiger partial charge on any atom is -0.462 e. The Kier molecular flexibility index (Phi) is 66.8. The molecular formula is C75H146O17P2. The molecule has 0 aromatic carbocycles. The summed E-state index contributed by atoms with van der Waals surface area (Å²) in [5.74, 6) is -1.44. The summed E-state index contributed by atoms with van der Waals surface area (Å²) in [5, 5.41) is 10.6. The predicted octanol–water partition coefficient (Wildman–Crippen LogP) is 22.1. The van der Waals surface area contributed by atoms with Gasteiger partial charge in [-0.25, -0.2) is 9.13 Å². The molecule has 0 fully saturated rings. The molecule has 0 saturated heterocycles. The first-order valence-electron chi connectivity index (χ1n) is 39.1. The maximum Gasteiger partial charge on any atom is 0.472 e. The van der Waals surface area contributed by atoms with Gasteiger partial charge in [-0.05, 0) is 31.6 Å². The number of hydrogen-bond acceptors (Lipinski definition) is 15. The molecule has 0 aromatic heterocycles. The molecule has 558 valence electrons. The highest BCUT2D eigenvalue weighted by atomic mass is 31.2. The van der Waals surface area contributed by atoms with Crippen LogP contribution >= 0.6 is 15.6 Å². The molecular weight excluding hydrogens is 1230 g/mol. The Bertz CT molecular complexity index is 1810. The number of unbranched alkanes of at least 4 members (excludes halogenated alkanes) is 47. The number of aliphatic hydroxyl groups is 1. The second-order valence-electron chi connectivity index (χ2n) is 27.5. The zero-order chi connectivity index (χ0) is 69.1. The predicted molar refractivity (Wildman–Crippen MR) is 382 cm³/mol. The number of hydrogen-bond donors (Lipinski definition) is 3. The minimum absolute atomic E-state index is 0.107. The van der Waals surface area contributed by atoms with Gasteiger partial charge in [-0.1, -0.05) is 343 Å². The fourth-order valence-corrected chi connectivity index (χ4v) is 13.1. The molecule has 0 radical (unpaired) electrons. The lowest BCUT2D eigenvalue weighted by Gasteiger charge is -2.21. The van der Waals surface area contributed by atoms with Gasteiger partial charge in [0.25, 0.3) is 0 Å². The third-order valence-corrected chi connectivity index (χ3v) is 19.4. The van der Waals surface area contributed by atoms with Gasteiger partial charge < -0.3 is 33.8 Å². The van der Waals surface area contributed by atoms with E-state index in [1.807, 2.05) is 0 Å². The van der Waals surface area contributed by atoms with Crippen LogP contribution in [0.15, 0.2) is 0 Å². The number of esters is 4. The molecule has 0 saturated carbocycles. The molecule has 0 bridgehead atoms. The van der Waals surface area contributed by atoms with E-state index in [0.717, 1.165) is 96.3 Å². The van der Waals surface area contributed by atoms with Gasteiger partial charge in [0, 0.05) is 25.7 Å². The second-order valence-corrected chi connectivity index (χ2v) is 30.4. The number of rotatable bonds is 75. The Balaban J connectivity index is 5.22. The Morgan fingerprint density at radius 2 is 0.489 bits per heavy atom. The molecule has 17 nitrogen and oxygen atoms in total. The molecule has 0 heterocycles. The van der Waals surface area contributed by atoms with Crippen molar-refractivity contribution in [3.8, 4) is 0 Å². The third kappa shape index (κ3) is 68.6. The maximum atomic E-state index is 13.1. The fraction of sp³-hybridized carbons (Fsp3) is 0.947. The highest BCUT2D eigenvalue weighted by Crippen LogP contribution is 2.45. The van der Waals surface area contributed by atoms with Crippen LogP contribution in [0.25, 0.3) is 0 Å². The van der Waals surface area contributed by atoms with Gasteiger partial charge in [0.15, 0.2) is 12.2 Å². The summed E-state index contributed by atoms with van der Waals surface area (Å²) in [5.41, 5.74) is 0. The van der Waals surface area contributed by atoms with Gasteiger partial charge in [0.05, 0.1) is 26.4 Å². The lowest BCUT2D eigenvalue weighted by atomic mass is 10.0. The van der Waals surface area contributed by atoms with Crippen LogP contribution in [0.3, 0.4) is 0 Å². The van der Waals surface area contributed by atoms with Crippen LogP contribution in [0.4, 0.5) is 0 Å². The smallest absolute Gasteiger partial charge is 0.462 e. The molecule has 94 heavy (non-hydrogen) atoms. The minimum atomic E-state index is -4.96. The molecule has 2 unspecified atom stereocenters. The first-order valence-corrected chi connectivity index (χ1v) is 42.1. The van der Waals surface area contributed by atoms with Crippen LogP contribution in [0.5, 0.6) is 0 Å². The summed E-state index contributed by atoms with van der Waals surface area (Å²) >= 11 is 0. The molecule has 0 aliphatic carbocycles. The van der Waals surface area contributed by atoms with Gasteiger partial charge in [0.1, 0.15) is 19.3 Å². The van der Waals surface area contributed by atoms with Crippen molar-refractivity contribution in [2.24, 2.45) is 5.92 Å². The molecule has 0 amide bonds. The van der Waals surface area contributed by atoms with Gasteiger partial charge in [0.2, 0.25) is 0 Å². The van der Waals surface area contributed by atoms with Crippen molar-refractivity contribution >= 4 is 39.5 Å². The monoisotopic (exact) mass is 1380 g/mol. The maximum absolute atomic E-state index is 13.1. The topological polar surface area (TPSA) is 237 Å². The largest absolute Gasteiger partial charge is 0.472 e. The Morgan fingerprint density at radius 1 is 0.287 bits per heavy atom. The SMILES string of the molecule is CCCCCCCCCCCCCCCCCCCCC(=O)O[C@H](COC(=O)CCCCCCCCCCCCCCCCC)COP(=O)(O)OC[C@@H](O)COP(=O)(O)OC[C@@H](COC(=O)CCCCCCCCC(C)C)OC(=O)CCCCCCCCCCCCCC. The number of carbonyl (C=O) groups excluding carboxylic acids is 4. The lowest BCUT2D eigenvalue weighted by Crippen LogP contribution is -2.30. The van der Waals surface area contributed by atoms with Crippen LogP contribution in [-0.4, -0.2) is 96.7 Å². The number of aliphatic hydroxyl groups excluding tert-OH is 1. The van der Waals surface area contributed by atoms with E-state index in [4.69, 9.17) is 37.0 Å². The normalized spacial score (nSPS) is 14.0. The van der Waals surface area contributed by atoms with Crippen LogP contribution in [0.1, 0.15) is 394 Å². The summed E-state index contributed by atoms with van der Waals surface area (Å²) in [6, 6.07) is 0. The van der Waals surface area contributed by atoms with E-state index >= 15 is 0 Å². The van der Waals surface area contributed by atoms with Crippen LogP contribution in [-0.2, 0) is 65.4 Å². The van der Waals surface area contributed by atoms with E-state index in [0.29, 0.717) is 31.6 Å². The van der Waals surface area contributed by atoms with E-state index in [1.165, 1.54) is 212 Å². The number of phosphoric acid groups is 2. The van der Waals surface area contributed by atoms with E-state index in [2.05, 4.69) is 34.6 Å². The number of phosphoric ester groups is 2. The zero-order valence-corrected chi connectivity index (χ0v) is 62.9. The second kappa shape index (κ2) is 68.2. The van der Waals surface area contributed by atoms with Crippen molar-refractivity contribution in [1.29, 1.82) is 0 Å². The van der Waals surface area contributed by atoms with Crippen molar-refractivity contribution in [2.45, 2.75) is 412 Å². The molecule has 0 spiro atoms. The first kappa shape index (κ1) is 92.1. The summed E-state index contributed by atoms with van der Waals surface area (Å²) in [6.45, 7) is 7.21. The van der Waals surface area contributed by atoms with E-state index in [9.17, 15) is 43.2 Å². The molecule has 5 atom stereocenters. The van der Waals surface area contributed by atoms with Crippen LogP contribution in [0.2, 0.25) is 0 Å². The Labute approximate surface area is 575 Å². The Morgan fingerprint density at radius 3 is 0.723 bits per heavy atom. The van der Waals surface area contributed by atoms with E-state index < -0.39 is 97.5 Å². The molecule has 3 N–H and O–H groups in total. The van der Waals surface area contributed by atoms with Crippen LogP contribution < -0.4 is 0 Å². The van der Waals surface area contributed by atoms with E-state index in [1.54, 1.807) is 0 Å².